The Bertz CT molecular complexity index is 182. The van der Waals surface area contributed by atoms with Crippen molar-refractivity contribution < 1.29 is 4.79 Å². The van der Waals surface area contributed by atoms with Crippen LogP contribution in [0, 0.1) is 12.5 Å². The third-order valence-corrected chi connectivity index (χ3v) is 1.52. The van der Waals surface area contributed by atoms with Crippen LogP contribution in [0.1, 0.15) is 12.8 Å². The predicted octanol–water partition coefficient (Wildman–Crippen LogP) is -1.52. The Hall–Kier alpha value is -1.30. The summed E-state index contributed by atoms with van der Waals surface area (Å²) in [4.78, 5) is 10.9. The lowest BCUT2D eigenvalue weighted by Crippen LogP contribution is -2.38. The SMILES string of the molecule is [CH2]NC(=O)C(N)CCCNC(=N)N. The molecule has 13 heavy (non-hydrogen) atoms. The van der Waals surface area contributed by atoms with E-state index in [9.17, 15) is 4.79 Å². The highest BCUT2D eigenvalue weighted by Crippen LogP contribution is 1.92. The lowest BCUT2D eigenvalue weighted by Gasteiger charge is -2.09. The minimum Gasteiger partial charge on any atom is -0.370 e. The number of guanidine groups is 1. The van der Waals surface area contributed by atoms with Crippen LogP contribution in [0.4, 0.5) is 0 Å². The van der Waals surface area contributed by atoms with Gasteiger partial charge in [-0.1, -0.05) is 0 Å². The molecule has 1 amide bonds. The summed E-state index contributed by atoms with van der Waals surface area (Å²) in [5.74, 6) is -0.349. The molecule has 0 saturated carbocycles. The van der Waals surface area contributed by atoms with Gasteiger partial charge in [-0.15, -0.1) is 0 Å². The minimum atomic E-state index is -0.536. The van der Waals surface area contributed by atoms with Crippen LogP contribution >= 0.6 is 0 Å². The van der Waals surface area contributed by atoms with Crippen molar-refractivity contribution in [2.24, 2.45) is 11.5 Å². The van der Waals surface area contributed by atoms with Crippen LogP contribution in [0.3, 0.4) is 0 Å². The van der Waals surface area contributed by atoms with Gasteiger partial charge in [0.1, 0.15) is 0 Å². The molecule has 0 aliphatic rings. The number of carbonyl (C=O) groups is 1. The normalized spacial score (nSPS) is 11.8. The number of nitrogens with two attached hydrogens (primary N) is 2. The van der Waals surface area contributed by atoms with Gasteiger partial charge in [0.05, 0.1) is 6.04 Å². The van der Waals surface area contributed by atoms with Gasteiger partial charge in [-0.05, 0) is 12.8 Å². The maximum atomic E-state index is 10.9. The first kappa shape index (κ1) is 11.7. The standard InChI is InChI=1S/C7H16N5O/c1-11-6(13)5(8)3-2-4-12-7(9)10/h5H,1-4,8H2,(H,11,13)(H4,9,10,12). The van der Waals surface area contributed by atoms with Crippen LogP contribution in [-0.4, -0.2) is 24.5 Å². The molecule has 1 unspecified atom stereocenters. The highest BCUT2D eigenvalue weighted by atomic mass is 16.2. The number of hydrogen-bond donors (Lipinski definition) is 5. The van der Waals surface area contributed by atoms with E-state index in [1.165, 1.54) is 0 Å². The first-order chi connectivity index (χ1) is 6.07. The average molecular weight is 186 g/mol. The monoisotopic (exact) mass is 186 g/mol. The summed E-state index contributed by atoms with van der Waals surface area (Å²) in [5.41, 5.74) is 10.5. The van der Waals surface area contributed by atoms with Crippen molar-refractivity contribution >= 4 is 11.9 Å². The molecule has 0 aromatic heterocycles. The van der Waals surface area contributed by atoms with E-state index in [0.717, 1.165) is 0 Å². The quantitative estimate of drug-likeness (QED) is 0.204. The van der Waals surface area contributed by atoms with Crippen molar-refractivity contribution in [1.29, 1.82) is 5.41 Å². The topological polar surface area (TPSA) is 117 Å². The number of carbonyl (C=O) groups excluding carboxylic acids is 1. The molecule has 1 atom stereocenters. The third-order valence-electron chi connectivity index (χ3n) is 1.52. The Morgan fingerprint density at radius 3 is 2.69 bits per heavy atom. The second-order valence-corrected chi connectivity index (χ2v) is 2.63. The van der Waals surface area contributed by atoms with Crippen molar-refractivity contribution in [1.82, 2.24) is 10.6 Å². The van der Waals surface area contributed by atoms with Gasteiger partial charge < -0.3 is 22.1 Å². The average Bonchev–Trinajstić information content (AvgIpc) is 2.10. The van der Waals surface area contributed by atoms with Gasteiger partial charge >= 0.3 is 0 Å². The van der Waals surface area contributed by atoms with Crippen molar-refractivity contribution in [3.05, 3.63) is 7.05 Å². The molecule has 0 aromatic rings. The lowest BCUT2D eigenvalue weighted by atomic mass is 10.1. The second-order valence-electron chi connectivity index (χ2n) is 2.63. The zero-order valence-corrected chi connectivity index (χ0v) is 7.47. The summed E-state index contributed by atoms with van der Waals surface area (Å²) < 4.78 is 0. The zero-order valence-electron chi connectivity index (χ0n) is 7.47. The van der Waals surface area contributed by atoms with Gasteiger partial charge in [0.25, 0.3) is 0 Å². The number of hydrogen-bond acceptors (Lipinski definition) is 3. The van der Waals surface area contributed by atoms with E-state index >= 15 is 0 Å². The second kappa shape index (κ2) is 6.24. The molecular formula is C7H16N5O. The van der Waals surface area contributed by atoms with Crippen LogP contribution in [0.25, 0.3) is 0 Å². The highest BCUT2D eigenvalue weighted by Gasteiger charge is 2.09. The largest absolute Gasteiger partial charge is 0.370 e. The summed E-state index contributed by atoms with van der Waals surface area (Å²) in [6.07, 6.45) is 1.23. The molecule has 7 N–H and O–H groups in total. The van der Waals surface area contributed by atoms with Crippen LogP contribution in [0.2, 0.25) is 0 Å². The lowest BCUT2D eigenvalue weighted by molar-refractivity contribution is -0.121. The molecule has 0 fully saturated rings. The van der Waals surface area contributed by atoms with Gasteiger partial charge in [0, 0.05) is 13.6 Å². The third kappa shape index (κ3) is 5.92. The van der Waals surface area contributed by atoms with Crippen molar-refractivity contribution in [2.45, 2.75) is 18.9 Å². The van der Waals surface area contributed by atoms with Gasteiger partial charge in [-0.25, -0.2) is 0 Å². The van der Waals surface area contributed by atoms with E-state index in [4.69, 9.17) is 16.9 Å². The molecular weight excluding hydrogens is 170 g/mol. The van der Waals surface area contributed by atoms with Crippen LogP contribution in [0.15, 0.2) is 0 Å². The van der Waals surface area contributed by atoms with E-state index in [0.29, 0.717) is 19.4 Å². The van der Waals surface area contributed by atoms with E-state index in [-0.39, 0.29) is 11.9 Å². The maximum Gasteiger partial charge on any atom is 0.236 e. The molecule has 75 valence electrons. The number of rotatable bonds is 5. The number of nitrogens with one attached hydrogen (secondary N) is 3. The smallest absolute Gasteiger partial charge is 0.236 e. The predicted molar refractivity (Wildman–Crippen MR) is 50.6 cm³/mol. The van der Waals surface area contributed by atoms with Gasteiger partial charge in [-0.2, -0.15) is 0 Å². The molecule has 0 rings (SSSR count). The molecule has 6 heteroatoms. The Morgan fingerprint density at radius 2 is 2.23 bits per heavy atom. The Kier molecular flexibility index (Phi) is 5.62. The van der Waals surface area contributed by atoms with E-state index in [2.05, 4.69) is 17.7 Å². The zero-order chi connectivity index (χ0) is 10.3. The molecule has 0 bridgehead atoms. The van der Waals surface area contributed by atoms with Crippen LogP contribution in [-0.2, 0) is 4.79 Å². The molecule has 6 nitrogen and oxygen atoms in total. The van der Waals surface area contributed by atoms with Crippen LogP contribution in [0.5, 0.6) is 0 Å². The molecule has 0 spiro atoms. The van der Waals surface area contributed by atoms with Crippen molar-refractivity contribution in [3.63, 3.8) is 0 Å². The first-order valence-electron chi connectivity index (χ1n) is 3.98. The fourth-order valence-electron chi connectivity index (χ4n) is 0.807. The van der Waals surface area contributed by atoms with Crippen molar-refractivity contribution in [3.8, 4) is 0 Å². The summed E-state index contributed by atoms with van der Waals surface area (Å²) >= 11 is 0. The molecule has 1 radical (unpaired) electrons. The summed E-state index contributed by atoms with van der Waals surface area (Å²) in [6.45, 7) is 0.549. The molecule has 0 aromatic carbocycles. The number of amides is 1. The van der Waals surface area contributed by atoms with Gasteiger partial charge in [-0.3, -0.25) is 10.2 Å². The fourth-order valence-corrected chi connectivity index (χ4v) is 0.807. The first-order valence-corrected chi connectivity index (χ1v) is 3.98. The van der Waals surface area contributed by atoms with Gasteiger partial charge in [0.2, 0.25) is 5.91 Å². The Balaban J connectivity index is 3.42. The Labute approximate surface area is 77.6 Å². The molecule has 0 aliphatic carbocycles. The minimum absolute atomic E-state index is 0.0739. The molecule has 0 saturated heterocycles. The van der Waals surface area contributed by atoms with E-state index in [1.807, 2.05) is 0 Å². The molecule has 0 heterocycles. The van der Waals surface area contributed by atoms with Crippen molar-refractivity contribution in [2.75, 3.05) is 6.54 Å². The van der Waals surface area contributed by atoms with Gasteiger partial charge in [0.15, 0.2) is 5.96 Å². The highest BCUT2D eigenvalue weighted by molar-refractivity contribution is 5.81. The Morgan fingerprint density at radius 1 is 1.62 bits per heavy atom. The maximum absolute atomic E-state index is 10.9. The van der Waals surface area contributed by atoms with E-state index < -0.39 is 6.04 Å². The van der Waals surface area contributed by atoms with Crippen LogP contribution < -0.4 is 22.1 Å². The summed E-state index contributed by atoms with van der Waals surface area (Å²) in [7, 11) is 3.21. The molecule has 0 aliphatic heterocycles. The summed E-state index contributed by atoms with van der Waals surface area (Å²) in [6, 6.07) is -0.536. The summed E-state index contributed by atoms with van der Waals surface area (Å²) in [5, 5.41) is 11.7. The van der Waals surface area contributed by atoms with E-state index in [1.54, 1.807) is 0 Å². The fraction of sp³-hybridized carbons (Fsp3) is 0.571.